The number of amides is 1. The highest BCUT2D eigenvalue weighted by atomic mass is 19.1. The Morgan fingerprint density at radius 1 is 0.962 bits per heavy atom. The lowest BCUT2D eigenvalue weighted by Gasteiger charge is -2.10. The minimum atomic E-state index is -0.317. The summed E-state index contributed by atoms with van der Waals surface area (Å²) in [4.78, 5) is 16.3. The van der Waals surface area contributed by atoms with Gasteiger partial charge in [0, 0.05) is 5.69 Å². The van der Waals surface area contributed by atoms with Crippen molar-refractivity contribution in [2.75, 3.05) is 10.6 Å². The van der Waals surface area contributed by atoms with Gasteiger partial charge in [0.1, 0.15) is 11.6 Å². The summed E-state index contributed by atoms with van der Waals surface area (Å²) in [5.41, 5.74) is 5.03. The zero-order chi connectivity index (χ0) is 18.5. The Morgan fingerprint density at radius 3 is 2.35 bits per heavy atom. The molecule has 0 aliphatic carbocycles. The molecule has 26 heavy (non-hydrogen) atoms. The quantitative estimate of drug-likeness (QED) is 0.698. The predicted molar refractivity (Wildman–Crippen MR) is 102 cm³/mol. The van der Waals surface area contributed by atoms with E-state index in [1.54, 1.807) is 24.4 Å². The number of carbonyl (C=O) groups excluding carboxylic acids is 1. The summed E-state index contributed by atoms with van der Waals surface area (Å²) < 4.78 is 12.9. The van der Waals surface area contributed by atoms with E-state index in [0.29, 0.717) is 5.82 Å². The summed E-state index contributed by atoms with van der Waals surface area (Å²) in [7, 11) is 0. The average molecular weight is 349 g/mol. The number of hydrogen-bond donors (Lipinski definition) is 2. The maximum absolute atomic E-state index is 12.9. The summed E-state index contributed by atoms with van der Waals surface area (Å²) in [6.45, 7) is 4.14. The first-order valence-corrected chi connectivity index (χ1v) is 8.34. The summed E-state index contributed by atoms with van der Waals surface area (Å²) >= 11 is 0. The lowest BCUT2D eigenvalue weighted by atomic mass is 10.1. The van der Waals surface area contributed by atoms with Crippen LogP contribution in [-0.4, -0.2) is 10.9 Å². The van der Waals surface area contributed by atoms with Crippen molar-refractivity contribution < 1.29 is 9.18 Å². The number of benzene rings is 2. The zero-order valence-corrected chi connectivity index (χ0v) is 14.7. The zero-order valence-electron chi connectivity index (χ0n) is 14.7. The maximum atomic E-state index is 12.9. The molecule has 0 unspecified atom stereocenters. The average Bonchev–Trinajstić information content (AvgIpc) is 2.62. The van der Waals surface area contributed by atoms with E-state index >= 15 is 0 Å². The van der Waals surface area contributed by atoms with Crippen LogP contribution in [0.1, 0.15) is 16.7 Å². The smallest absolute Gasteiger partial charge is 0.229 e. The third kappa shape index (κ3) is 4.66. The van der Waals surface area contributed by atoms with Gasteiger partial charge in [0.2, 0.25) is 5.91 Å². The number of halogens is 1. The van der Waals surface area contributed by atoms with E-state index in [4.69, 9.17) is 0 Å². The summed E-state index contributed by atoms with van der Waals surface area (Å²) in [5.74, 6) is -0.0376. The number of carbonyl (C=O) groups is 1. The second kappa shape index (κ2) is 7.78. The van der Waals surface area contributed by atoms with Gasteiger partial charge >= 0.3 is 0 Å². The van der Waals surface area contributed by atoms with E-state index in [1.807, 2.05) is 12.1 Å². The van der Waals surface area contributed by atoms with Crippen LogP contribution in [0.3, 0.4) is 0 Å². The van der Waals surface area contributed by atoms with Gasteiger partial charge < -0.3 is 10.6 Å². The molecule has 2 N–H and O–H groups in total. The monoisotopic (exact) mass is 349 g/mol. The fraction of sp³-hybridized carbons (Fsp3) is 0.143. The second-order valence-electron chi connectivity index (χ2n) is 6.21. The molecule has 0 radical (unpaired) electrons. The van der Waals surface area contributed by atoms with Gasteiger partial charge in [0.25, 0.3) is 0 Å². The third-order valence-corrected chi connectivity index (χ3v) is 4.10. The van der Waals surface area contributed by atoms with Crippen LogP contribution in [0.15, 0.2) is 60.8 Å². The minimum Gasteiger partial charge on any atom is -0.354 e. The molecule has 0 saturated carbocycles. The van der Waals surface area contributed by atoms with E-state index in [1.165, 1.54) is 23.3 Å². The van der Waals surface area contributed by atoms with Crippen molar-refractivity contribution in [3.05, 3.63) is 83.3 Å². The SMILES string of the molecule is Cc1ccc(Nc2ccc(NC(=O)Cc3ccc(F)cc3)nc2)cc1C. The molecular formula is C21H20FN3O. The fourth-order valence-electron chi connectivity index (χ4n) is 2.50. The van der Waals surface area contributed by atoms with Gasteiger partial charge in [-0.2, -0.15) is 0 Å². The highest BCUT2D eigenvalue weighted by Crippen LogP contribution is 2.20. The highest BCUT2D eigenvalue weighted by molar-refractivity contribution is 5.91. The number of aromatic nitrogens is 1. The molecule has 1 heterocycles. The van der Waals surface area contributed by atoms with Crippen LogP contribution in [0.25, 0.3) is 0 Å². The Labute approximate surface area is 152 Å². The van der Waals surface area contributed by atoms with Crippen LogP contribution >= 0.6 is 0 Å². The molecule has 2 aromatic carbocycles. The molecule has 0 saturated heterocycles. The molecule has 0 spiro atoms. The molecule has 1 aromatic heterocycles. The topological polar surface area (TPSA) is 54.0 Å². The number of nitrogens with zero attached hydrogens (tertiary/aromatic N) is 1. The van der Waals surface area contributed by atoms with Gasteiger partial charge in [0.05, 0.1) is 18.3 Å². The number of pyridine rings is 1. The first kappa shape index (κ1) is 17.6. The Kier molecular flexibility index (Phi) is 5.27. The largest absolute Gasteiger partial charge is 0.354 e. The predicted octanol–water partition coefficient (Wildman–Crippen LogP) is 4.76. The Morgan fingerprint density at radius 2 is 1.69 bits per heavy atom. The Hall–Kier alpha value is -3.21. The van der Waals surface area contributed by atoms with Crippen molar-refractivity contribution in [3.8, 4) is 0 Å². The van der Waals surface area contributed by atoms with E-state index in [0.717, 1.165) is 16.9 Å². The van der Waals surface area contributed by atoms with Gasteiger partial charge in [-0.1, -0.05) is 18.2 Å². The number of rotatable bonds is 5. The van der Waals surface area contributed by atoms with E-state index in [2.05, 4.69) is 41.6 Å². The lowest BCUT2D eigenvalue weighted by molar-refractivity contribution is -0.115. The molecule has 132 valence electrons. The standard InChI is InChI=1S/C21H20FN3O/c1-14-3-8-18(11-15(14)2)24-19-9-10-20(23-13-19)25-21(26)12-16-4-6-17(22)7-5-16/h3-11,13,24H,12H2,1-2H3,(H,23,25,26). The molecule has 1 amide bonds. The van der Waals surface area contributed by atoms with Crippen LogP contribution in [0, 0.1) is 19.7 Å². The summed E-state index contributed by atoms with van der Waals surface area (Å²) in [6, 6.07) is 15.6. The third-order valence-electron chi connectivity index (χ3n) is 4.10. The number of hydrogen-bond acceptors (Lipinski definition) is 3. The normalized spacial score (nSPS) is 10.4. The van der Waals surface area contributed by atoms with Crippen molar-refractivity contribution in [3.63, 3.8) is 0 Å². The number of anilines is 3. The van der Waals surface area contributed by atoms with E-state index in [-0.39, 0.29) is 18.1 Å². The first-order chi connectivity index (χ1) is 12.5. The molecule has 3 aromatic rings. The summed E-state index contributed by atoms with van der Waals surface area (Å²) in [6.07, 6.45) is 1.84. The molecule has 0 aliphatic heterocycles. The second-order valence-corrected chi connectivity index (χ2v) is 6.21. The van der Waals surface area contributed by atoms with Gasteiger partial charge in [-0.05, 0) is 66.9 Å². The van der Waals surface area contributed by atoms with Crippen LogP contribution in [-0.2, 0) is 11.2 Å². The van der Waals surface area contributed by atoms with Crippen LogP contribution in [0.2, 0.25) is 0 Å². The number of aryl methyl sites for hydroxylation is 2. The van der Waals surface area contributed by atoms with Crippen LogP contribution in [0.4, 0.5) is 21.6 Å². The van der Waals surface area contributed by atoms with Crippen molar-refractivity contribution in [2.45, 2.75) is 20.3 Å². The molecular weight excluding hydrogens is 329 g/mol. The molecule has 4 nitrogen and oxygen atoms in total. The minimum absolute atomic E-state index is 0.171. The fourth-order valence-corrected chi connectivity index (χ4v) is 2.50. The van der Waals surface area contributed by atoms with Crippen molar-refractivity contribution >= 4 is 23.1 Å². The van der Waals surface area contributed by atoms with Crippen LogP contribution < -0.4 is 10.6 Å². The van der Waals surface area contributed by atoms with E-state index in [9.17, 15) is 9.18 Å². The van der Waals surface area contributed by atoms with Crippen molar-refractivity contribution in [2.24, 2.45) is 0 Å². The molecule has 0 fully saturated rings. The first-order valence-electron chi connectivity index (χ1n) is 8.34. The molecule has 3 rings (SSSR count). The lowest BCUT2D eigenvalue weighted by Crippen LogP contribution is -2.15. The number of nitrogens with one attached hydrogen (secondary N) is 2. The Bertz CT molecular complexity index is 906. The van der Waals surface area contributed by atoms with Gasteiger partial charge in [-0.25, -0.2) is 9.37 Å². The van der Waals surface area contributed by atoms with Gasteiger partial charge in [-0.15, -0.1) is 0 Å². The van der Waals surface area contributed by atoms with Gasteiger partial charge in [-0.3, -0.25) is 4.79 Å². The maximum Gasteiger partial charge on any atom is 0.229 e. The molecule has 5 heteroatoms. The molecule has 0 bridgehead atoms. The molecule has 0 aliphatic rings. The molecule has 0 atom stereocenters. The van der Waals surface area contributed by atoms with Gasteiger partial charge in [0.15, 0.2) is 0 Å². The summed E-state index contributed by atoms with van der Waals surface area (Å²) in [5, 5.41) is 6.03. The van der Waals surface area contributed by atoms with Crippen LogP contribution in [0.5, 0.6) is 0 Å². The van der Waals surface area contributed by atoms with E-state index < -0.39 is 0 Å². The highest BCUT2D eigenvalue weighted by Gasteiger charge is 2.06. The van der Waals surface area contributed by atoms with Crippen molar-refractivity contribution in [1.29, 1.82) is 0 Å². The Balaban J connectivity index is 1.59. The van der Waals surface area contributed by atoms with Crippen molar-refractivity contribution in [1.82, 2.24) is 4.98 Å².